The molecule has 1 amide bonds. The molecule has 1 aromatic heterocycles. The molecule has 2 aromatic rings. The molecule has 26 heavy (non-hydrogen) atoms. The van der Waals surface area contributed by atoms with Gasteiger partial charge in [0, 0.05) is 11.4 Å². The second kappa shape index (κ2) is 8.98. The van der Waals surface area contributed by atoms with Crippen LogP contribution < -0.4 is 5.32 Å². The lowest BCUT2D eigenvalue weighted by Gasteiger charge is -2.16. The minimum atomic E-state index is -0.656. The number of methoxy groups -OCH3 is 1. The van der Waals surface area contributed by atoms with Crippen LogP contribution in [0.4, 0.5) is 5.69 Å². The maximum Gasteiger partial charge on any atom is 0.340 e. The zero-order valence-corrected chi connectivity index (χ0v) is 16.0. The first-order valence-electron chi connectivity index (χ1n) is 7.71. The van der Waals surface area contributed by atoms with E-state index in [1.54, 1.807) is 11.9 Å². The summed E-state index contributed by atoms with van der Waals surface area (Å²) in [4.78, 5) is 30.1. The van der Waals surface area contributed by atoms with E-state index in [-0.39, 0.29) is 33.7 Å². The number of likely N-dealkylation sites (N-methyl/N-ethyl adjacent to an activating group) is 1. The van der Waals surface area contributed by atoms with Crippen LogP contribution in [0.25, 0.3) is 0 Å². The Bertz CT molecular complexity index is 810. The largest absolute Gasteiger partial charge is 0.465 e. The molecule has 1 aromatic carbocycles. The van der Waals surface area contributed by atoms with Crippen molar-refractivity contribution in [1.29, 1.82) is 0 Å². The van der Waals surface area contributed by atoms with Crippen molar-refractivity contribution in [2.75, 3.05) is 26.0 Å². The Labute approximate surface area is 160 Å². The summed E-state index contributed by atoms with van der Waals surface area (Å²) in [5.74, 6) is -0.0152. The van der Waals surface area contributed by atoms with Crippen molar-refractivity contribution in [1.82, 2.24) is 15.0 Å². The van der Waals surface area contributed by atoms with Crippen molar-refractivity contribution < 1.29 is 18.8 Å². The summed E-state index contributed by atoms with van der Waals surface area (Å²) < 4.78 is 9.79. The highest BCUT2D eigenvalue weighted by atomic mass is 35.5. The number of carbonyl (C=O) groups is 2. The third kappa shape index (κ3) is 5.17. The van der Waals surface area contributed by atoms with E-state index in [4.69, 9.17) is 32.5 Å². The highest BCUT2D eigenvalue weighted by molar-refractivity contribution is 6.37. The van der Waals surface area contributed by atoms with Crippen molar-refractivity contribution >= 4 is 40.8 Å². The molecule has 0 unspecified atom stereocenters. The quantitative estimate of drug-likeness (QED) is 0.713. The molecule has 0 saturated heterocycles. The van der Waals surface area contributed by atoms with Gasteiger partial charge in [0.15, 0.2) is 5.82 Å². The minimum absolute atomic E-state index is 0.0173. The molecular weight excluding hydrogens is 383 g/mol. The zero-order valence-electron chi connectivity index (χ0n) is 14.5. The number of nitrogens with zero attached hydrogens (tertiary/aromatic N) is 3. The summed E-state index contributed by atoms with van der Waals surface area (Å²) in [7, 11) is 2.95. The minimum Gasteiger partial charge on any atom is -0.465 e. The highest BCUT2D eigenvalue weighted by Crippen LogP contribution is 2.30. The summed E-state index contributed by atoms with van der Waals surface area (Å²) >= 11 is 12.0. The van der Waals surface area contributed by atoms with Crippen LogP contribution in [-0.4, -0.2) is 47.6 Å². The first kappa shape index (κ1) is 20.2. The van der Waals surface area contributed by atoms with Crippen molar-refractivity contribution in [2.45, 2.75) is 19.9 Å². The molecule has 10 heteroatoms. The molecule has 140 valence electrons. The van der Waals surface area contributed by atoms with Gasteiger partial charge in [0.2, 0.25) is 11.8 Å². The predicted octanol–water partition coefficient (Wildman–Crippen LogP) is 2.80. The summed E-state index contributed by atoms with van der Waals surface area (Å²) in [6, 6.07) is 2.81. The van der Waals surface area contributed by atoms with E-state index in [9.17, 15) is 9.59 Å². The SMILES string of the molecule is CCc1noc(CN(C)CC(=O)Nc2c(Cl)cc(Cl)cc2C(=O)OC)n1. The Kier molecular flexibility index (Phi) is 6.96. The molecule has 2 rings (SSSR count). The van der Waals surface area contributed by atoms with Crippen LogP contribution in [0.3, 0.4) is 0 Å². The smallest absolute Gasteiger partial charge is 0.340 e. The number of esters is 1. The molecule has 8 nitrogen and oxygen atoms in total. The average molecular weight is 401 g/mol. The lowest BCUT2D eigenvalue weighted by Crippen LogP contribution is -2.30. The predicted molar refractivity (Wildman–Crippen MR) is 96.4 cm³/mol. The van der Waals surface area contributed by atoms with E-state index in [1.165, 1.54) is 19.2 Å². The van der Waals surface area contributed by atoms with Gasteiger partial charge in [-0.3, -0.25) is 9.69 Å². The Morgan fingerprint density at radius 1 is 1.35 bits per heavy atom. The molecule has 0 atom stereocenters. The number of halogens is 2. The molecule has 0 aliphatic heterocycles. The van der Waals surface area contributed by atoms with Gasteiger partial charge in [-0.25, -0.2) is 4.79 Å². The second-order valence-electron chi connectivity index (χ2n) is 5.48. The average Bonchev–Trinajstić information content (AvgIpc) is 3.03. The topological polar surface area (TPSA) is 97.6 Å². The third-order valence-electron chi connectivity index (χ3n) is 3.37. The Hall–Kier alpha value is -2.16. The van der Waals surface area contributed by atoms with Gasteiger partial charge in [-0.15, -0.1) is 0 Å². The number of hydrogen-bond acceptors (Lipinski definition) is 7. The Morgan fingerprint density at radius 2 is 2.08 bits per heavy atom. The summed E-state index contributed by atoms with van der Waals surface area (Å²) in [5.41, 5.74) is 0.220. The standard InChI is InChI=1S/C16H18Cl2N4O4/c1-4-12-19-14(26-21-12)8-22(2)7-13(23)20-15-10(16(24)25-3)5-9(17)6-11(15)18/h5-6H,4,7-8H2,1-3H3,(H,20,23). The maximum absolute atomic E-state index is 12.3. The van der Waals surface area contributed by atoms with Gasteiger partial charge in [0.25, 0.3) is 0 Å². The molecule has 0 fully saturated rings. The van der Waals surface area contributed by atoms with Gasteiger partial charge in [-0.1, -0.05) is 35.3 Å². The summed E-state index contributed by atoms with van der Waals surface area (Å²) in [6.07, 6.45) is 0.666. The molecule has 0 radical (unpaired) electrons. The number of carbonyl (C=O) groups excluding carboxylic acids is 2. The van der Waals surface area contributed by atoms with E-state index >= 15 is 0 Å². The number of rotatable bonds is 7. The summed E-state index contributed by atoms with van der Waals surface area (Å²) in [5, 5.41) is 6.81. The van der Waals surface area contributed by atoms with Crippen LogP contribution in [0.5, 0.6) is 0 Å². The van der Waals surface area contributed by atoms with Crippen molar-refractivity contribution in [3.63, 3.8) is 0 Å². The van der Waals surface area contributed by atoms with E-state index in [2.05, 4.69) is 15.5 Å². The lowest BCUT2D eigenvalue weighted by molar-refractivity contribution is -0.117. The van der Waals surface area contributed by atoms with E-state index in [1.807, 2.05) is 6.92 Å². The zero-order chi connectivity index (χ0) is 19.3. The van der Waals surface area contributed by atoms with E-state index < -0.39 is 5.97 Å². The van der Waals surface area contributed by atoms with Crippen LogP contribution in [0.15, 0.2) is 16.7 Å². The molecule has 0 spiro atoms. The fraction of sp³-hybridized carbons (Fsp3) is 0.375. The number of aromatic nitrogens is 2. The molecule has 0 aliphatic rings. The fourth-order valence-electron chi connectivity index (χ4n) is 2.18. The highest BCUT2D eigenvalue weighted by Gasteiger charge is 2.19. The lowest BCUT2D eigenvalue weighted by atomic mass is 10.1. The van der Waals surface area contributed by atoms with Crippen LogP contribution >= 0.6 is 23.2 Å². The van der Waals surface area contributed by atoms with Crippen LogP contribution in [0, 0.1) is 0 Å². The summed E-state index contributed by atoms with van der Waals surface area (Å²) in [6.45, 7) is 2.24. The molecule has 1 heterocycles. The van der Waals surface area contributed by atoms with Gasteiger partial charge in [0.05, 0.1) is 36.5 Å². The van der Waals surface area contributed by atoms with Crippen LogP contribution in [-0.2, 0) is 22.5 Å². The van der Waals surface area contributed by atoms with Gasteiger partial charge in [-0.2, -0.15) is 4.98 Å². The number of hydrogen-bond donors (Lipinski definition) is 1. The fourth-order valence-corrected chi connectivity index (χ4v) is 2.72. The van der Waals surface area contributed by atoms with E-state index in [0.29, 0.717) is 24.7 Å². The van der Waals surface area contributed by atoms with Gasteiger partial charge in [-0.05, 0) is 19.2 Å². The molecule has 0 bridgehead atoms. The number of amides is 1. The van der Waals surface area contributed by atoms with Crippen molar-refractivity contribution in [3.8, 4) is 0 Å². The number of aryl methyl sites for hydroxylation is 1. The number of ether oxygens (including phenoxy) is 1. The van der Waals surface area contributed by atoms with Gasteiger partial charge < -0.3 is 14.6 Å². The van der Waals surface area contributed by atoms with Crippen molar-refractivity contribution in [2.24, 2.45) is 0 Å². The van der Waals surface area contributed by atoms with Gasteiger partial charge in [0.1, 0.15) is 0 Å². The number of anilines is 1. The molecule has 0 aliphatic carbocycles. The molecule has 0 saturated carbocycles. The number of benzene rings is 1. The normalized spacial score (nSPS) is 10.8. The molecular formula is C16H18Cl2N4O4. The second-order valence-corrected chi connectivity index (χ2v) is 6.32. The monoisotopic (exact) mass is 400 g/mol. The van der Waals surface area contributed by atoms with Crippen LogP contribution in [0.2, 0.25) is 10.0 Å². The van der Waals surface area contributed by atoms with Gasteiger partial charge >= 0.3 is 5.97 Å². The van der Waals surface area contributed by atoms with Crippen LogP contribution in [0.1, 0.15) is 29.0 Å². The third-order valence-corrected chi connectivity index (χ3v) is 3.89. The van der Waals surface area contributed by atoms with Crippen molar-refractivity contribution in [3.05, 3.63) is 39.5 Å². The maximum atomic E-state index is 12.3. The first-order chi connectivity index (χ1) is 12.3. The van der Waals surface area contributed by atoms with E-state index in [0.717, 1.165) is 0 Å². The Balaban J connectivity index is 2.06. The number of nitrogens with one attached hydrogen (secondary N) is 1. The first-order valence-corrected chi connectivity index (χ1v) is 8.46. The Morgan fingerprint density at radius 3 is 2.69 bits per heavy atom. The molecule has 1 N–H and O–H groups in total.